The molecule has 0 atom stereocenters. The Labute approximate surface area is 91.3 Å². The summed E-state index contributed by atoms with van der Waals surface area (Å²) in [4.78, 5) is 10.3. The molecular weight excluding hydrogens is 236 g/mol. The van der Waals surface area contributed by atoms with Crippen LogP contribution in [-0.2, 0) is 10.0 Å². The highest BCUT2D eigenvalue weighted by Gasteiger charge is 2.23. The molecule has 0 unspecified atom stereocenters. The van der Waals surface area contributed by atoms with E-state index in [1.807, 2.05) is 4.72 Å². The molecule has 0 aliphatic carbocycles. The second-order valence-electron chi connectivity index (χ2n) is 2.82. The molecule has 0 amide bonds. The Hall–Kier alpha value is -1.85. The first-order valence-corrected chi connectivity index (χ1v) is 5.57. The minimum atomic E-state index is -3.90. The molecule has 0 fully saturated rings. The van der Waals surface area contributed by atoms with Crippen LogP contribution in [0, 0.1) is 18.3 Å². The highest BCUT2D eigenvalue weighted by atomic mass is 32.2. The third-order valence-corrected chi connectivity index (χ3v) is 3.22. The summed E-state index contributed by atoms with van der Waals surface area (Å²) in [7, 11) is -3.90. The third kappa shape index (κ3) is 2.39. The van der Waals surface area contributed by atoms with Gasteiger partial charge in [-0.3, -0.25) is 0 Å². The quantitative estimate of drug-likeness (QED) is 0.724. The van der Waals surface area contributed by atoms with Crippen LogP contribution >= 0.6 is 0 Å². The number of nitrogens with one attached hydrogen (secondary N) is 1. The number of carbonyl (C=O) groups is 1. The summed E-state index contributed by atoms with van der Waals surface area (Å²) in [6.45, 7) is 0.933. The van der Waals surface area contributed by atoms with Crippen molar-refractivity contribution in [3.8, 4) is 6.07 Å². The van der Waals surface area contributed by atoms with Crippen LogP contribution in [0.2, 0.25) is 0 Å². The zero-order valence-corrected chi connectivity index (χ0v) is 9.04. The lowest BCUT2D eigenvalue weighted by Gasteiger charge is -1.99. The summed E-state index contributed by atoms with van der Waals surface area (Å²) in [6, 6.07) is 2.51. The van der Waals surface area contributed by atoms with Crippen LogP contribution in [0.3, 0.4) is 0 Å². The van der Waals surface area contributed by atoms with Crippen molar-refractivity contribution < 1.29 is 22.7 Å². The summed E-state index contributed by atoms with van der Waals surface area (Å²) in [5, 5.41) is 16.8. The van der Waals surface area contributed by atoms with Gasteiger partial charge < -0.3 is 9.52 Å². The molecule has 0 aliphatic heterocycles. The molecular formula is C8H8N2O5S. The number of carboxylic acid groups (broad SMARTS) is 1. The molecule has 1 heterocycles. The van der Waals surface area contributed by atoms with Gasteiger partial charge >= 0.3 is 5.97 Å². The maximum Gasteiger partial charge on any atom is 0.371 e. The molecule has 0 saturated heterocycles. The predicted molar refractivity (Wildman–Crippen MR) is 51.2 cm³/mol. The van der Waals surface area contributed by atoms with E-state index in [0.29, 0.717) is 0 Å². The van der Waals surface area contributed by atoms with Gasteiger partial charge in [0.1, 0.15) is 10.7 Å². The number of aromatic carboxylic acids is 1. The fourth-order valence-corrected chi connectivity index (χ4v) is 2.13. The molecule has 1 aromatic heterocycles. The topological polar surface area (TPSA) is 120 Å². The predicted octanol–water partition coefficient (Wildman–Crippen LogP) is 0.0881. The van der Waals surface area contributed by atoms with Crippen molar-refractivity contribution in [2.45, 2.75) is 11.8 Å². The van der Waals surface area contributed by atoms with Gasteiger partial charge in [0.15, 0.2) is 0 Å². The van der Waals surface area contributed by atoms with Crippen molar-refractivity contribution in [1.29, 1.82) is 5.26 Å². The Morgan fingerprint density at radius 3 is 2.75 bits per heavy atom. The summed E-state index contributed by atoms with van der Waals surface area (Å²) in [6.07, 6.45) is 0. The van der Waals surface area contributed by atoms with Crippen LogP contribution in [-0.4, -0.2) is 26.0 Å². The number of hydrogen-bond donors (Lipinski definition) is 2. The molecule has 0 saturated carbocycles. The van der Waals surface area contributed by atoms with E-state index in [2.05, 4.69) is 0 Å². The molecule has 8 heteroatoms. The molecule has 0 bridgehead atoms. The van der Waals surface area contributed by atoms with Crippen molar-refractivity contribution in [2.24, 2.45) is 0 Å². The summed E-state index contributed by atoms with van der Waals surface area (Å²) >= 11 is 0. The van der Waals surface area contributed by atoms with E-state index in [1.165, 1.54) is 6.92 Å². The molecule has 7 nitrogen and oxygen atoms in total. The normalized spacial score (nSPS) is 11.0. The zero-order chi connectivity index (χ0) is 12.3. The Balaban J connectivity index is 3.14. The average molecular weight is 244 g/mol. The molecule has 86 valence electrons. The van der Waals surface area contributed by atoms with Crippen LogP contribution in [0.15, 0.2) is 15.4 Å². The second kappa shape index (κ2) is 4.34. The molecule has 1 aromatic rings. The monoisotopic (exact) mass is 244 g/mol. The molecule has 16 heavy (non-hydrogen) atoms. The number of carboxylic acids is 1. The van der Waals surface area contributed by atoms with Crippen LogP contribution in [0.5, 0.6) is 0 Å². The van der Waals surface area contributed by atoms with E-state index >= 15 is 0 Å². The number of hydrogen-bond acceptors (Lipinski definition) is 5. The number of nitriles is 1. The highest BCUT2D eigenvalue weighted by molar-refractivity contribution is 7.89. The Kier molecular flexibility index (Phi) is 3.31. The Morgan fingerprint density at radius 2 is 2.31 bits per heavy atom. The van der Waals surface area contributed by atoms with Crippen molar-refractivity contribution in [1.82, 2.24) is 4.72 Å². The van der Waals surface area contributed by atoms with E-state index in [-0.39, 0.29) is 10.7 Å². The number of aryl methyl sites for hydroxylation is 1. The SMILES string of the molecule is Cc1oc(C(=O)O)cc1S(=O)(=O)NCC#N. The van der Waals surface area contributed by atoms with Gasteiger partial charge in [0.25, 0.3) is 0 Å². The standard InChI is InChI=1S/C8H8N2O5S/c1-5-7(4-6(15-5)8(11)12)16(13,14)10-3-2-9/h4,10H,3H2,1H3,(H,11,12). The minimum absolute atomic E-state index is 0.0390. The zero-order valence-electron chi connectivity index (χ0n) is 8.22. The summed E-state index contributed by atoms with van der Waals surface area (Å²) < 4.78 is 29.8. The van der Waals surface area contributed by atoms with Gasteiger partial charge in [-0.15, -0.1) is 0 Å². The van der Waals surface area contributed by atoms with Gasteiger partial charge in [-0.2, -0.15) is 9.98 Å². The maximum absolute atomic E-state index is 11.5. The molecule has 0 radical (unpaired) electrons. The lowest BCUT2D eigenvalue weighted by Crippen LogP contribution is -2.24. The van der Waals surface area contributed by atoms with Gasteiger partial charge in [0, 0.05) is 6.07 Å². The first kappa shape index (κ1) is 12.2. The molecule has 2 N–H and O–H groups in total. The fraction of sp³-hybridized carbons (Fsp3) is 0.250. The summed E-state index contributed by atoms with van der Waals surface area (Å²) in [5.74, 6) is -1.86. The third-order valence-electron chi connectivity index (χ3n) is 1.71. The van der Waals surface area contributed by atoms with Gasteiger partial charge in [0.2, 0.25) is 15.8 Å². The fourth-order valence-electron chi connectivity index (χ4n) is 1.04. The van der Waals surface area contributed by atoms with Crippen LogP contribution in [0.4, 0.5) is 0 Å². The van der Waals surface area contributed by atoms with Crippen molar-refractivity contribution in [3.63, 3.8) is 0 Å². The largest absolute Gasteiger partial charge is 0.475 e. The average Bonchev–Trinajstić information content (AvgIpc) is 2.58. The molecule has 0 spiro atoms. The lowest BCUT2D eigenvalue weighted by molar-refractivity contribution is 0.0661. The minimum Gasteiger partial charge on any atom is -0.475 e. The van der Waals surface area contributed by atoms with E-state index in [4.69, 9.17) is 14.8 Å². The maximum atomic E-state index is 11.5. The van der Waals surface area contributed by atoms with Gasteiger partial charge in [-0.1, -0.05) is 0 Å². The molecule has 0 aromatic carbocycles. The van der Waals surface area contributed by atoms with E-state index in [9.17, 15) is 13.2 Å². The first-order chi connectivity index (χ1) is 7.38. The Bertz CT molecular complexity index is 551. The van der Waals surface area contributed by atoms with Crippen molar-refractivity contribution in [2.75, 3.05) is 6.54 Å². The van der Waals surface area contributed by atoms with Crippen LogP contribution < -0.4 is 4.72 Å². The van der Waals surface area contributed by atoms with Crippen molar-refractivity contribution >= 4 is 16.0 Å². The number of furan rings is 1. The molecule has 1 rings (SSSR count). The van der Waals surface area contributed by atoms with Crippen molar-refractivity contribution in [3.05, 3.63) is 17.6 Å². The van der Waals surface area contributed by atoms with Gasteiger partial charge in [-0.05, 0) is 6.92 Å². The number of rotatable bonds is 4. The Morgan fingerprint density at radius 1 is 1.69 bits per heavy atom. The summed E-state index contributed by atoms with van der Waals surface area (Å²) in [5.41, 5.74) is 0. The lowest BCUT2D eigenvalue weighted by atomic mass is 10.4. The number of nitrogens with zero attached hydrogens (tertiary/aromatic N) is 1. The first-order valence-electron chi connectivity index (χ1n) is 4.09. The molecule has 0 aliphatic rings. The van der Waals surface area contributed by atoms with E-state index < -0.39 is 28.3 Å². The smallest absolute Gasteiger partial charge is 0.371 e. The van der Waals surface area contributed by atoms with Crippen LogP contribution in [0.25, 0.3) is 0 Å². The number of sulfonamides is 1. The van der Waals surface area contributed by atoms with Crippen LogP contribution in [0.1, 0.15) is 16.3 Å². The van der Waals surface area contributed by atoms with E-state index in [1.54, 1.807) is 6.07 Å². The highest BCUT2D eigenvalue weighted by Crippen LogP contribution is 2.19. The van der Waals surface area contributed by atoms with E-state index in [0.717, 1.165) is 6.07 Å². The second-order valence-corrected chi connectivity index (χ2v) is 4.55. The van der Waals surface area contributed by atoms with Gasteiger partial charge in [0.05, 0.1) is 12.6 Å². The van der Waals surface area contributed by atoms with Gasteiger partial charge in [-0.25, -0.2) is 13.2 Å².